The molecule has 0 bridgehead atoms. The number of aliphatic hydroxyl groups excluding tert-OH is 2. The van der Waals surface area contributed by atoms with E-state index in [1.165, 1.54) is 385 Å². The Morgan fingerprint density at radius 2 is 0.543 bits per heavy atom. The average molecular weight is 1290 g/mol. The first-order chi connectivity index (χ1) is 45.5. The molecule has 0 radical (unpaired) electrons. The fraction of sp³-hybridized carbons (Fsp3) is 0.884. The van der Waals surface area contributed by atoms with Gasteiger partial charge in [0.1, 0.15) is 0 Å². The Balaban J connectivity index is 3.36. The Morgan fingerprint density at radius 1 is 0.304 bits per heavy atom. The van der Waals surface area contributed by atoms with Crippen molar-refractivity contribution in [1.82, 2.24) is 5.32 Å². The molecule has 2 unspecified atom stereocenters. The Morgan fingerprint density at radius 3 is 0.859 bits per heavy atom. The predicted molar refractivity (Wildman–Crippen MR) is 407 cm³/mol. The molecule has 0 rings (SSSR count). The van der Waals surface area contributed by atoms with E-state index in [1.807, 2.05) is 6.08 Å². The summed E-state index contributed by atoms with van der Waals surface area (Å²) in [6, 6.07) is -0.627. The zero-order valence-electron chi connectivity index (χ0n) is 62.3. The van der Waals surface area contributed by atoms with Gasteiger partial charge in [0.15, 0.2) is 0 Å². The first kappa shape index (κ1) is 89.8. The number of esters is 1. The molecule has 6 heteroatoms. The molecular weight excluding hydrogens is 1130 g/mol. The molecule has 0 aliphatic heterocycles. The highest BCUT2D eigenvalue weighted by Crippen LogP contribution is 2.20. The van der Waals surface area contributed by atoms with Gasteiger partial charge in [-0.1, -0.05) is 409 Å². The summed E-state index contributed by atoms with van der Waals surface area (Å²) in [4.78, 5) is 24.7. The number of hydrogen-bond donors (Lipinski definition) is 3. The third-order valence-corrected chi connectivity index (χ3v) is 19.6. The lowest BCUT2D eigenvalue weighted by molar-refractivity contribution is -0.143. The second-order valence-corrected chi connectivity index (χ2v) is 28.8. The molecule has 0 aromatic heterocycles. The lowest BCUT2D eigenvalue weighted by atomic mass is 10.0. The van der Waals surface area contributed by atoms with E-state index in [0.29, 0.717) is 19.4 Å². The maximum absolute atomic E-state index is 12.5. The Hall–Kier alpha value is -2.18. The zero-order chi connectivity index (χ0) is 66.3. The van der Waals surface area contributed by atoms with Crippen molar-refractivity contribution in [2.75, 3.05) is 13.2 Å². The minimum Gasteiger partial charge on any atom is -0.466 e. The minimum atomic E-state index is -0.844. The van der Waals surface area contributed by atoms with E-state index in [-0.39, 0.29) is 18.5 Å². The van der Waals surface area contributed by atoms with E-state index in [9.17, 15) is 19.8 Å². The van der Waals surface area contributed by atoms with Crippen molar-refractivity contribution in [2.45, 2.75) is 475 Å². The SMILES string of the molecule is CCCCC/C=C\C/C=C\CCCCCCCCCCCC(=O)OCCCCCCCCCCCCCCCC/C=C\CCCCCCCCCCCCCCCCCCCC(=O)NC(CO)C(O)/C=C/CCCCCCCCCCCCCCCCCCCCC. The summed E-state index contributed by atoms with van der Waals surface area (Å²) in [5, 5.41) is 23.3. The van der Waals surface area contributed by atoms with Gasteiger partial charge in [0.2, 0.25) is 5.91 Å². The molecule has 0 aliphatic rings. The Bertz CT molecular complexity index is 1540. The average Bonchev–Trinajstić information content (AvgIpc) is 3.75. The van der Waals surface area contributed by atoms with Crippen LogP contribution in [0.4, 0.5) is 0 Å². The Labute approximate surface area is 576 Å². The quantitative estimate of drug-likeness (QED) is 0.0320. The molecule has 0 saturated heterocycles. The number of carbonyl (C=O) groups excluding carboxylic acids is 2. The molecule has 6 nitrogen and oxygen atoms in total. The summed E-state index contributed by atoms with van der Waals surface area (Å²) in [6.07, 6.45) is 108. The summed E-state index contributed by atoms with van der Waals surface area (Å²) >= 11 is 0. The molecular formula is C86H163NO5. The van der Waals surface area contributed by atoms with Crippen LogP contribution in [-0.4, -0.2) is 47.4 Å². The third-order valence-electron chi connectivity index (χ3n) is 19.6. The largest absolute Gasteiger partial charge is 0.466 e. The van der Waals surface area contributed by atoms with E-state index in [2.05, 4.69) is 55.6 Å². The summed E-state index contributed by atoms with van der Waals surface area (Å²) in [5.41, 5.74) is 0. The van der Waals surface area contributed by atoms with Gasteiger partial charge in [0, 0.05) is 12.8 Å². The van der Waals surface area contributed by atoms with Crippen molar-refractivity contribution in [3.05, 3.63) is 48.6 Å². The highest BCUT2D eigenvalue weighted by Gasteiger charge is 2.18. The normalized spacial score (nSPS) is 12.7. The van der Waals surface area contributed by atoms with E-state index in [4.69, 9.17) is 4.74 Å². The molecule has 0 saturated carbocycles. The van der Waals surface area contributed by atoms with Gasteiger partial charge >= 0.3 is 5.97 Å². The summed E-state index contributed by atoms with van der Waals surface area (Å²) in [5.74, 6) is -0.0431. The molecule has 0 aromatic carbocycles. The molecule has 0 aliphatic carbocycles. The van der Waals surface area contributed by atoms with Gasteiger partial charge in [-0.3, -0.25) is 9.59 Å². The number of nitrogens with one attached hydrogen (secondary N) is 1. The van der Waals surface area contributed by atoms with Crippen molar-refractivity contribution in [3.63, 3.8) is 0 Å². The van der Waals surface area contributed by atoms with Crippen LogP contribution in [0.1, 0.15) is 463 Å². The van der Waals surface area contributed by atoms with E-state index in [1.54, 1.807) is 6.08 Å². The smallest absolute Gasteiger partial charge is 0.305 e. The van der Waals surface area contributed by atoms with Gasteiger partial charge in [0.25, 0.3) is 0 Å². The number of aliphatic hydroxyl groups is 2. The Kier molecular flexibility index (Phi) is 79.3. The van der Waals surface area contributed by atoms with Gasteiger partial charge in [-0.15, -0.1) is 0 Å². The number of amides is 1. The monoisotopic (exact) mass is 1290 g/mol. The van der Waals surface area contributed by atoms with Crippen molar-refractivity contribution in [3.8, 4) is 0 Å². The molecule has 92 heavy (non-hydrogen) atoms. The number of allylic oxidation sites excluding steroid dienone is 7. The second kappa shape index (κ2) is 81.2. The lowest BCUT2D eigenvalue weighted by Gasteiger charge is -2.20. The number of unbranched alkanes of at least 4 members (excludes halogenated alkanes) is 62. The van der Waals surface area contributed by atoms with Crippen LogP contribution in [0.5, 0.6) is 0 Å². The maximum Gasteiger partial charge on any atom is 0.305 e. The van der Waals surface area contributed by atoms with Crippen LogP contribution in [-0.2, 0) is 14.3 Å². The fourth-order valence-electron chi connectivity index (χ4n) is 13.2. The van der Waals surface area contributed by atoms with Gasteiger partial charge in [-0.25, -0.2) is 0 Å². The van der Waals surface area contributed by atoms with Crippen LogP contribution in [0.2, 0.25) is 0 Å². The molecule has 2 atom stereocenters. The predicted octanol–water partition coefficient (Wildman–Crippen LogP) is 27.9. The molecule has 542 valence electrons. The van der Waals surface area contributed by atoms with Crippen molar-refractivity contribution in [2.24, 2.45) is 0 Å². The van der Waals surface area contributed by atoms with Crippen molar-refractivity contribution in [1.29, 1.82) is 0 Å². The van der Waals surface area contributed by atoms with Gasteiger partial charge in [-0.05, 0) is 89.9 Å². The molecule has 0 fully saturated rings. The van der Waals surface area contributed by atoms with Crippen molar-refractivity contribution < 1.29 is 24.5 Å². The van der Waals surface area contributed by atoms with Gasteiger partial charge in [0.05, 0.1) is 25.4 Å². The molecule has 1 amide bonds. The van der Waals surface area contributed by atoms with Crippen LogP contribution in [0.15, 0.2) is 48.6 Å². The molecule has 0 aromatic rings. The van der Waals surface area contributed by atoms with E-state index >= 15 is 0 Å². The van der Waals surface area contributed by atoms with E-state index in [0.717, 1.165) is 51.4 Å². The third kappa shape index (κ3) is 76.8. The van der Waals surface area contributed by atoms with Crippen LogP contribution in [0.3, 0.4) is 0 Å². The summed E-state index contributed by atoms with van der Waals surface area (Å²) in [7, 11) is 0. The fourth-order valence-corrected chi connectivity index (χ4v) is 13.2. The minimum absolute atomic E-state index is 0.0168. The van der Waals surface area contributed by atoms with E-state index < -0.39 is 12.1 Å². The van der Waals surface area contributed by atoms with Crippen LogP contribution in [0, 0.1) is 0 Å². The maximum atomic E-state index is 12.5. The highest BCUT2D eigenvalue weighted by molar-refractivity contribution is 5.76. The summed E-state index contributed by atoms with van der Waals surface area (Å²) < 4.78 is 5.52. The van der Waals surface area contributed by atoms with Crippen LogP contribution in [0.25, 0.3) is 0 Å². The number of rotatable bonds is 79. The molecule has 3 N–H and O–H groups in total. The highest BCUT2D eigenvalue weighted by atomic mass is 16.5. The zero-order valence-corrected chi connectivity index (χ0v) is 62.3. The summed E-state index contributed by atoms with van der Waals surface area (Å²) in [6.45, 7) is 4.93. The standard InChI is InChI=1S/C86H163NO5/c1-3-5-7-9-11-13-15-17-19-21-23-39-43-46-50-54-58-62-66-70-74-78-84(89)83(82-88)87-85(90)79-75-71-67-63-59-55-51-47-44-40-37-35-33-31-29-27-25-24-26-28-30-32-34-36-38-41-45-49-53-57-61-65-69-73-77-81-92-86(91)80-76-72-68-64-60-56-52-48-42-22-20-18-16-14-12-10-8-6-4-2/h12,14,18,20,26,28,74,78,83-84,88-89H,3-11,13,15-17,19,21-25,27,29-73,75-77,79-82H2,1-2H3,(H,87,90)/b14-12-,20-18-,28-26-,78-74+. The first-order valence-corrected chi connectivity index (χ1v) is 41.9. The molecule has 0 heterocycles. The number of carbonyl (C=O) groups is 2. The second-order valence-electron chi connectivity index (χ2n) is 28.8. The van der Waals surface area contributed by atoms with Gasteiger partial charge in [-0.2, -0.15) is 0 Å². The van der Waals surface area contributed by atoms with Crippen molar-refractivity contribution >= 4 is 11.9 Å². The number of hydrogen-bond acceptors (Lipinski definition) is 5. The van der Waals surface area contributed by atoms with Gasteiger partial charge < -0.3 is 20.3 Å². The van der Waals surface area contributed by atoms with Crippen LogP contribution < -0.4 is 5.32 Å². The van der Waals surface area contributed by atoms with Crippen LogP contribution >= 0.6 is 0 Å². The number of ether oxygens (including phenoxy) is 1. The first-order valence-electron chi connectivity index (χ1n) is 41.9. The topological polar surface area (TPSA) is 95.9 Å². The molecule has 0 spiro atoms. The lowest BCUT2D eigenvalue weighted by Crippen LogP contribution is -2.45.